The second-order valence-electron chi connectivity index (χ2n) is 4.75. The van der Waals surface area contributed by atoms with Gasteiger partial charge in [-0.25, -0.2) is 0 Å². The second kappa shape index (κ2) is 7.09. The maximum absolute atomic E-state index is 11.4. The molecule has 0 saturated heterocycles. The molecule has 0 radical (unpaired) electrons. The molecule has 0 bridgehead atoms. The van der Waals surface area contributed by atoms with Crippen LogP contribution >= 0.6 is 22.6 Å². The lowest BCUT2D eigenvalue weighted by atomic mass is 10.2. The lowest BCUT2D eigenvalue weighted by Gasteiger charge is -2.05. The molecule has 1 aliphatic rings. The first-order chi connectivity index (χ1) is 8.74. The van der Waals surface area contributed by atoms with Crippen LogP contribution in [0.25, 0.3) is 0 Å². The van der Waals surface area contributed by atoms with E-state index in [0.29, 0.717) is 12.5 Å². The number of carbonyl (C=O) groups is 1. The maximum Gasteiger partial charge on any atom is 0.220 e. The minimum absolute atomic E-state index is 0.202. The Balaban J connectivity index is 1.52. The van der Waals surface area contributed by atoms with Crippen molar-refractivity contribution in [1.29, 1.82) is 0 Å². The number of amides is 1. The summed E-state index contributed by atoms with van der Waals surface area (Å²) in [6.45, 7) is 1.77. The second-order valence-corrected chi connectivity index (χ2v) is 5.99. The summed E-state index contributed by atoms with van der Waals surface area (Å²) in [6, 6.07) is 8.97. The van der Waals surface area contributed by atoms with Crippen LogP contribution in [0.5, 0.6) is 0 Å². The third-order valence-corrected chi connectivity index (χ3v) is 3.66. The Bertz CT molecular complexity index is 387. The molecule has 1 fully saturated rings. The number of carbonyl (C=O) groups excluding carboxylic acids is 1. The van der Waals surface area contributed by atoms with E-state index in [9.17, 15) is 4.79 Å². The lowest BCUT2D eigenvalue weighted by Crippen LogP contribution is -2.26. The van der Waals surface area contributed by atoms with Crippen molar-refractivity contribution in [3.8, 4) is 0 Å². The van der Waals surface area contributed by atoms with E-state index in [-0.39, 0.29) is 5.91 Å². The van der Waals surface area contributed by atoms with Crippen LogP contribution in [0.4, 0.5) is 0 Å². The molecule has 0 aliphatic heterocycles. The normalized spacial score (nSPS) is 14.5. The number of hydrogen-bond donors (Lipinski definition) is 2. The Morgan fingerprint density at radius 3 is 2.67 bits per heavy atom. The van der Waals surface area contributed by atoms with Gasteiger partial charge in [0.2, 0.25) is 5.91 Å². The molecule has 0 aromatic heterocycles. The minimum atomic E-state index is 0.202. The molecule has 0 heterocycles. The molecule has 2 rings (SSSR count). The molecule has 1 saturated carbocycles. The fourth-order valence-electron chi connectivity index (χ4n) is 1.74. The average Bonchev–Trinajstić information content (AvgIpc) is 3.15. The van der Waals surface area contributed by atoms with Gasteiger partial charge in [0.15, 0.2) is 0 Å². The summed E-state index contributed by atoms with van der Waals surface area (Å²) in [6.07, 6.45) is 3.87. The van der Waals surface area contributed by atoms with Gasteiger partial charge in [0.05, 0.1) is 0 Å². The highest BCUT2D eigenvalue weighted by atomic mass is 127. The molecule has 1 aromatic carbocycles. The van der Waals surface area contributed by atoms with E-state index in [1.807, 2.05) is 0 Å². The standard InChI is InChI=1S/C14H19IN2O/c15-12-5-3-11(4-6-12)10-16-9-1-2-14(18)17-13-7-8-13/h3-6,13,16H,1-2,7-10H2,(H,17,18). The number of benzene rings is 1. The smallest absolute Gasteiger partial charge is 0.220 e. The molecular weight excluding hydrogens is 339 g/mol. The van der Waals surface area contributed by atoms with Crippen molar-refractivity contribution in [3.05, 3.63) is 33.4 Å². The largest absolute Gasteiger partial charge is 0.353 e. The van der Waals surface area contributed by atoms with Crippen molar-refractivity contribution < 1.29 is 4.79 Å². The first-order valence-electron chi connectivity index (χ1n) is 6.48. The fraction of sp³-hybridized carbons (Fsp3) is 0.500. The molecule has 1 aliphatic carbocycles. The van der Waals surface area contributed by atoms with Gasteiger partial charge >= 0.3 is 0 Å². The van der Waals surface area contributed by atoms with Crippen molar-refractivity contribution in [2.45, 2.75) is 38.3 Å². The average molecular weight is 358 g/mol. The molecule has 0 spiro atoms. The predicted molar refractivity (Wildman–Crippen MR) is 81.3 cm³/mol. The molecule has 1 amide bonds. The first kappa shape index (κ1) is 13.8. The Kier molecular flexibility index (Phi) is 5.44. The quantitative estimate of drug-likeness (QED) is 0.581. The SMILES string of the molecule is O=C(CCCNCc1ccc(I)cc1)NC1CC1. The number of nitrogens with one attached hydrogen (secondary N) is 2. The van der Waals surface area contributed by atoms with Gasteiger partial charge in [-0.3, -0.25) is 4.79 Å². The Hall–Kier alpha value is -0.620. The van der Waals surface area contributed by atoms with Gasteiger partial charge in [0, 0.05) is 22.6 Å². The highest BCUT2D eigenvalue weighted by Gasteiger charge is 2.22. The molecule has 2 N–H and O–H groups in total. The first-order valence-corrected chi connectivity index (χ1v) is 7.56. The Morgan fingerprint density at radius 1 is 1.28 bits per heavy atom. The van der Waals surface area contributed by atoms with Crippen LogP contribution in [0.3, 0.4) is 0 Å². The Morgan fingerprint density at radius 2 is 2.00 bits per heavy atom. The number of hydrogen-bond acceptors (Lipinski definition) is 2. The van der Waals surface area contributed by atoms with Crippen LogP contribution in [0.2, 0.25) is 0 Å². The van der Waals surface area contributed by atoms with Crippen LogP contribution in [0, 0.1) is 3.57 Å². The van der Waals surface area contributed by atoms with Crippen molar-refractivity contribution in [2.75, 3.05) is 6.54 Å². The minimum Gasteiger partial charge on any atom is -0.353 e. The molecule has 18 heavy (non-hydrogen) atoms. The van der Waals surface area contributed by atoms with Crippen molar-refractivity contribution in [3.63, 3.8) is 0 Å². The van der Waals surface area contributed by atoms with Gasteiger partial charge in [-0.05, 0) is 66.1 Å². The number of halogens is 1. The zero-order valence-electron chi connectivity index (χ0n) is 10.4. The molecule has 0 unspecified atom stereocenters. The van der Waals surface area contributed by atoms with Gasteiger partial charge in [-0.2, -0.15) is 0 Å². The summed E-state index contributed by atoms with van der Waals surface area (Å²) in [5, 5.41) is 6.36. The summed E-state index contributed by atoms with van der Waals surface area (Å²) in [4.78, 5) is 11.4. The van der Waals surface area contributed by atoms with Gasteiger partial charge in [0.1, 0.15) is 0 Å². The van der Waals surface area contributed by atoms with Crippen LogP contribution < -0.4 is 10.6 Å². The van der Waals surface area contributed by atoms with E-state index in [2.05, 4.69) is 57.5 Å². The summed E-state index contributed by atoms with van der Waals surface area (Å²) in [5.74, 6) is 0.202. The van der Waals surface area contributed by atoms with E-state index in [1.165, 1.54) is 9.13 Å². The van der Waals surface area contributed by atoms with Crippen LogP contribution in [0.1, 0.15) is 31.2 Å². The highest BCUT2D eigenvalue weighted by Crippen LogP contribution is 2.18. The topological polar surface area (TPSA) is 41.1 Å². The summed E-state index contributed by atoms with van der Waals surface area (Å²) < 4.78 is 1.26. The zero-order chi connectivity index (χ0) is 12.8. The molecule has 1 aromatic rings. The van der Waals surface area contributed by atoms with E-state index >= 15 is 0 Å². The third kappa shape index (κ3) is 5.35. The van der Waals surface area contributed by atoms with Gasteiger partial charge in [0.25, 0.3) is 0 Å². The monoisotopic (exact) mass is 358 g/mol. The van der Waals surface area contributed by atoms with E-state index < -0.39 is 0 Å². The maximum atomic E-state index is 11.4. The third-order valence-electron chi connectivity index (χ3n) is 2.94. The van der Waals surface area contributed by atoms with Crippen molar-refractivity contribution >= 4 is 28.5 Å². The van der Waals surface area contributed by atoms with Crippen LogP contribution in [-0.2, 0) is 11.3 Å². The van der Waals surface area contributed by atoms with Gasteiger partial charge in [-0.1, -0.05) is 12.1 Å². The summed E-state index contributed by atoms with van der Waals surface area (Å²) in [5.41, 5.74) is 1.29. The van der Waals surface area contributed by atoms with Crippen LogP contribution in [0.15, 0.2) is 24.3 Å². The molecular formula is C14H19IN2O. The van der Waals surface area contributed by atoms with Gasteiger partial charge < -0.3 is 10.6 Å². The van der Waals surface area contributed by atoms with E-state index in [4.69, 9.17) is 0 Å². The highest BCUT2D eigenvalue weighted by molar-refractivity contribution is 14.1. The van der Waals surface area contributed by atoms with E-state index in [1.54, 1.807) is 0 Å². The predicted octanol–water partition coefficient (Wildman–Crippen LogP) is 2.44. The van der Waals surface area contributed by atoms with Crippen LogP contribution in [-0.4, -0.2) is 18.5 Å². The zero-order valence-corrected chi connectivity index (χ0v) is 12.6. The number of rotatable bonds is 7. The molecule has 4 heteroatoms. The fourth-order valence-corrected chi connectivity index (χ4v) is 2.10. The molecule has 98 valence electrons. The van der Waals surface area contributed by atoms with Crippen molar-refractivity contribution in [2.24, 2.45) is 0 Å². The Labute approximate surface area is 122 Å². The lowest BCUT2D eigenvalue weighted by molar-refractivity contribution is -0.121. The van der Waals surface area contributed by atoms with E-state index in [0.717, 1.165) is 32.4 Å². The molecule has 0 atom stereocenters. The van der Waals surface area contributed by atoms with Crippen molar-refractivity contribution in [1.82, 2.24) is 10.6 Å². The summed E-state index contributed by atoms with van der Waals surface area (Å²) >= 11 is 2.30. The summed E-state index contributed by atoms with van der Waals surface area (Å²) in [7, 11) is 0. The molecule has 3 nitrogen and oxygen atoms in total. The van der Waals surface area contributed by atoms with Gasteiger partial charge in [-0.15, -0.1) is 0 Å².